The lowest BCUT2D eigenvalue weighted by molar-refractivity contribution is -0.134. The molecule has 0 radical (unpaired) electrons. The highest BCUT2D eigenvalue weighted by atomic mass is 35.5. The quantitative estimate of drug-likeness (QED) is 0.679. The van der Waals surface area contributed by atoms with Gasteiger partial charge in [0, 0.05) is 23.7 Å². The number of amides is 3. The highest BCUT2D eigenvalue weighted by Crippen LogP contribution is 2.39. The van der Waals surface area contributed by atoms with Gasteiger partial charge in [0.1, 0.15) is 11.2 Å². The number of hydrogen-bond donors (Lipinski definition) is 2. The maximum absolute atomic E-state index is 13.6. The number of benzene rings is 1. The normalized spacial score (nSPS) is 22.8. The van der Waals surface area contributed by atoms with Crippen molar-refractivity contribution in [1.29, 1.82) is 0 Å². The van der Waals surface area contributed by atoms with Gasteiger partial charge in [0.2, 0.25) is 5.91 Å². The van der Waals surface area contributed by atoms with Crippen molar-refractivity contribution in [3.05, 3.63) is 52.6 Å². The highest BCUT2D eigenvalue weighted by Gasteiger charge is 2.54. The first kappa shape index (κ1) is 21.9. The minimum Gasteiger partial charge on any atom is -0.351 e. The molecule has 9 heteroatoms. The number of carbonyl (C=O) groups excluding carboxylic acids is 3. The summed E-state index contributed by atoms with van der Waals surface area (Å²) >= 11 is 6.02. The summed E-state index contributed by atoms with van der Waals surface area (Å²) in [6, 6.07) is 7.41. The van der Waals surface area contributed by atoms with Crippen molar-refractivity contribution >= 4 is 29.3 Å². The van der Waals surface area contributed by atoms with Crippen LogP contribution < -0.4 is 10.6 Å². The Morgan fingerprint density at radius 3 is 2.67 bits per heavy atom. The number of aromatic nitrogens is 2. The van der Waals surface area contributed by atoms with Crippen LogP contribution in [0.1, 0.15) is 72.0 Å². The van der Waals surface area contributed by atoms with E-state index >= 15 is 0 Å². The molecule has 8 nitrogen and oxygen atoms in total. The molecule has 1 aliphatic heterocycles. The zero-order valence-corrected chi connectivity index (χ0v) is 19.4. The molecule has 2 fully saturated rings. The second kappa shape index (κ2) is 8.48. The maximum Gasteiger partial charge on any atom is 0.274 e. The van der Waals surface area contributed by atoms with Crippen molar-refractivity contribution in [2.24, 2.45) is 0 Å². The fourth-order valence-corrected chi connectivity index (χ4v) is 5.26. The number of nitrogens with one attached hydrogen (secondary N) is 2. The van der Waals surface area contributed by atoms with Gasteiger partial charge in [0.25, 0.3) is 11.8 Å². The third kappa shape index (κ3) is 4.12. The Labute approximate surface area is 197 Å². The summed E-state index contributed by atoms with van der Waals surface area (Å²) in [6.07, 6.45) is 7.41. The summed E-state index contributed by atoms with van der Waals surface area (Å²) in [4.78, 5) is 45.9. The Kier molecular flexibility index (Phi) is 5.64. The zero-order valence-electron chi connectivity index (χ0n) is 18.6. The lowest BCUT2D eigenvalue weighted by Crippen LogP contribution is -2.65. The second-order valence-corrected chi connectivity index (χ2v) is 9.95. The predicted octanol–water partition coefficient (Wildman–Crippen LogP) is 2.90. The van der Waals surface area contributed by atoms with Crippen LogP contribution in [0.25, 0.3) is 0 Å². The van der Waals surface area contributed by atoms with Crippen LogP contribution in [0.2, 0.25) is 5.02 Å². The summed E-state index contributed by atoms with van der Waals surface area (Å²) in [5.41, 5.74) is 0.178. The van der Waals surface area contributed by atoms with E-state index < -0.39 is 11.4 Å². The van der Waals surface area contributed by atoms with Crippen molar-refractivity contribution in [2.45, 2.75) is 76.2 Å². The van der Waals surface area contributed by atoms with E-state index in [1.807, 2.05) is 19.1 Å². The van der Waals surface area contributed by atoms with Gasteiger partial charge in [-0.3, -0.25) is 14.4 Å². The number of nitrogens with zero attached hydrogens (tertiary/aromatic N) is 3. The van der Waals surface area contributed by atoms with Gasteiger partial charge in [0.15, 0.2) is 5.69 Å². The first-order chi connectivity index (χ1) is 15.9. The molecule has 0 saturated heterocycles. The van der Waals surface area contributed by atoms with Crippen LogP contribution in [0.4, 0.5) is 0 Å². The summed E-state index contributed by atoms with van der Waals surface area (Å²) in [7, 11) is 0. The lowest BCUT2D eigenvalue weighted by Gasteiger charge is -2.44. The van der Waals surface area contributed by atoms with Crippen molar-refractivity contribution in [1.82, 2.24) is 25.1 Å². The zero-order chi connectivity index (χ0) is 23.2. The van der Waals surface area contributed by atoms with Crippen molar-refractivity contribution < 1.29 is 14.4 Å². The number of halogens is 1. The molecule has 2 aromatic rings. The molecule has 0 spiro atoms. The van der Waals surface area contributed by atoms with Gasteiger partial charge in [-0.2, -0.15) is 0 Å². The molecule has 3 aliphatic rings. The number of carbonyl (C=O) groups is 3. The molecule has 33 heavy (non-hydrogen) atoms. The summed E-state index contributed by atoms with van der Waals surface area (Å²) in [5, 5.41) is 6.59. The van der Waals surface area contributed by atoms with Gasteiger partial charge in [-0.05, 0) is 50.3 Å². The molecular formula is C24H28ClN5O3. The largest absolute Gasteiger partial charge is 0.351 e. The van der Waals surface area contributed by atoms with E-state index in [1.165, 1.54) is 6.33 Å². The van der Waals surface area contributed by atoms with Crippen LogP contribution in [0, 0.1) is 0 Å². The Hall–Kier alpha value is -2.87. The average molecular weight is 470 g/mol. The first-order valence-electron chi connectivity index (χ1n) is 11.6. The van der Waals surface area contributed by atoms with Crippen LogP contribution in [0.15, 0.2) is 30.6 Å². The van der Waals surface area contributed by atoms with Crippen LogP contribution in [0.5, 0.6) is 0 Å². The molecule has 1 aromatic carbocycles. The first-order valence-corrected chi connectivity index (χ1v) is 12.0. The Morgan fingerprint density at radius 2 is 1.97 bits per heavy atom. The molecule has 0 bridgehead atoms. The minimum atomic E-state index is -1.01. The Morgan fingerprint density at radius 1 is 1.21 bits per heavy atom. The van der Waals surface area contributed by atoms with E-state index in [1.54, 1.807) is 21.6 Å². The molecular weight excluding hydrogens is 442 g/mol. The van der Waals surface area contributed by atoms with E-state index in [4.69, 9.17) is 11.6 Å². The van der Waals surface area contributed by atoms with E-state index in [2.05, 4.69) is 15.6 Å². The van der Waals surface area contributed by atoms with Crippen molar-refractivity contribution in [2.75, 3.05) is 0 Å². The maximum atomic E-state index is 13.6. The average Bonchev–Trinajstić information content (AvgIpc) is 3.29. The van der Waals surface area contributed by atoms with Crippen LogP contribution in [-0.2, 0) is 17.9 Å². The molecule has 0 unspecified atom stereocenters. The SMILES string of the molecule is C[C@]1(C(=O)NC2CCCC2)Cn2cnc(C(=O)NCc3cccc(Cl)c3)c2C(=O)N1C1CC1. The van der Waals surface area contributed by atoms with E-state index in [9.17, 15) is 14.4 Å². The molecule has 1 aromatic heterocycles. The molecule has 1 atom stereocenters. The molecule has 2 heterocycles. The molecule has 174 valence electrons. The summed E-state index contributed by atoms with van der Waals surface area (Å²) in [5.74, 6) is -0.856. The molecule has 2 saturated carbocycles. The van der Waals surface area contributed by atoms with E-state index in [0.29, 0.717) is 5.02 Å². The van der Waals surface area contributed by atoms with Gasteiger partial charge in [-0.1, -0.05) is 36.6 Å². The van der Waals surface area contributed by atoms with Gasteiger partial charge in [-0.15, -0.1) is 0 Å². The van der Waals surface area contributed by atoms with Gasteiger partial charge < -0.3 is 20.1 Å². The number of hydrogen-bond acceptors (Lipinski definition) is 4. The number of rotatable bonds is 6. The molecule has 5 rings (SSSR count). The summed E-state index contributed by atoms with van der Waals surface area (Å²) in [6.45, 7) is 2.38. The van der Waals surface area contributed by atoms with E-state index in [0.717, 1.165) is 44.1 Å². The van der Waals surface area contributed by atoms with Gasteiger partial charge in [0.05, 0.1) is 12.9 Å². The van der Waals surface area contributed by atoms with Crippen molar-refractivity contribution in [3.8, 4) is 0 Å². The molecule has 3 amide bonds. The van der Waals surface area contributed by atoms with Gasteiger partial charge >= 0.3 is 0 Å². The van der Waals surface area contributed by atoms with E-state index in [-0.39, 0.29) is 48.4 Å². The highest BCUT2D eigenvalue weighted by molar-refractivity contribution is 6.30. The minimum absolute atomic E-state index is 0.0165. The van der Waals surface area contributed by atoms with Gasteiger partial charge in [-0.25, -0.2) is 4.98 Å². The molecule has 2 N–H and O–H groups in total. The number of imidazole rings is 1. The fraction of sp³-hybridized carbons (Fsp3) is 0.500. The number of fused-ring (bicyclic) bond motifs is 1. The fourth-order valence-electron chi connectivity index (χ4n) is 5.05. The summed E-state index contributed by atoms with van der Waals surface area (Å²) < 4.78 is 1.66. The standard InChI is InChI=1S/C24H28ClN5O3/c1-24(23(33)28-17-7-2-3-8-17)13-29-14-27-19(20(29)22(32)30(24)18-9-10-18)21(31)26-12-15-5-4-6-16(25)11-15/h4-6,11,14,17-18H,2-3,7-10,12-13H2,1H3,(H,26,31)(H,28,33)/t24-/m1/s1. The Balaban J connectivity index is 1.38. The van der Waals surface area contributed by atoms with Crippen LogP contribution in [-0.4, -0.2) is 49.8 Å². The monoisotopic (exact) mass is 469 g/mol. The third-order valence-electron chi connectivity index (χ3n) is 6.92. The Bertz CT molecular complexity index is 1110. The van der Waals surface area contributed by atoms with Crippen molar-refractivity contribution in [3.63, 3.8) is 0 Å². The topological polar surface area (TPSA) is 96.3 Å². The van der Waals surface area contributed by atoms with Crippen LogP contribution in [0.3, 0.4) is 0 Å². The predicted molar refractivity (Wildman–Crippen MR) is 123 cm³/mol. The second-order valence-electron chi connectivity index (χ2n) is 9.52. The van der Waals surface area contributed by atoms with Crippen LogP contribution >= 0.6 is 11.6 Å². The third-order valence-corrected chi connectivity index (χ3v) is 7.15. The lowest BCUT2D eigenvalue weighted by atomic mass is 9.93. The molecule has 2 aliphatic carbocycles. The smallest absolute Gasteiger partial charge is 0.274 e.